The number of ether oxygens (including phenoxy) is 1. The van der Waals surface area contributed by atoms with Crippen molar-refractivity contribution < 1.29 is 23.1 Å². The number of esters is 1. The molecule has 0 heterocycles. The summed E-state index contributed by atoms with van der Waals surface area (Å²) in [5.41, 5.74) is -0.779. The third-order valence-electron chi connectivity index (χ3n) is 4.26. The maximum Gasteiger partial charge on any atom is 0.344 e. The van der Waals surface area contributed by atoms with Crippen molar-refractivity contribution in [1.29, 1.82) is 0 Å². The molecular formula is C17H21F2NO3. The minimum atomic E-state index is -1.18. The lowest BCUT2D eigenvalue weighted by molar-refractivity contribution is -0.130. The third-order valence-corrected chi connectivity index (χ3v) is 4.26. The van der Waals surface area contributed by atoms with E-state index in [1.54, 1.807) is 0 Å². The molecule has 0 bridgehead atoms. The molecule has 23 heavy (non-hydrogen) atoms. The van der Waals surface area contributed by atoms with Crippen molar-refractivity contribution in [2.24, 2.45) is 5.92 Å². The molecule has 0 saturated heterocycles. The van der Waals surface area contributed by atoms with E-state index in [-0.39, 0.29) is 6.04 Å². The summed E-state index contributed by atoms with van der Waals surface area (Å²) in [5, 5.41) is 2.85. The molecule has 4 nitrogen and oxygen atoms in total. The van der Waals surface area contributed by atoms with Crippen LogP contribution in [0.25, 0.3) is 0 Å². The monoisotopic (exact) mass is 325 g/mol. The van der Waals surface area contributed by atoms with Gasteiger partial charge in [0.2, 0.25) is 0 Å². The lowest BCUT2D eigenvalue weighted by Gasteiger charge is -2.30. The smallest absolute Gasteiger partial charge is 0.344 e. The van der Waals surface area contributed by atoms with Crippen molar-refractivity contribution in [2.45, 2.75) is 51.7 Å². The van der Waals surface area contributed by atoms with Gasteiger partial charge in [-0.05, 0) is 37.8 Å². The highest BCUT2D eigenvalue weighted by Gasteiger charge is 2.28. The molecule has 2 rings (SSSR count). The molecular weight excluding hydrogens is 304 g/mol. The zero-order valence-corrected chi connectivity index (χ0v) is 13.3. The Morgan fingerprint density at radius 2 is 1.83 bits per heavy atom. The standard InChI is InChI=1S/C17H21F2NO3/c1-10-6-3-4-9-14(10)20-16(21)11(2)23-17(22)15-12(18)7-5-8-13(15)19/h5,7-8,10-11,14H,3-4,6,9H2,1-2H3,(H,20,21)/t10-,11-,14+/m1/s1. The van der Waals surface area contributed by atoms with Crippen LogP contribution in [-0.4, -0.2) is 24.0 Å². The van der Waals surface area contributed by atoms with E-state index >= 15 is 0 Å². The number of hydrogen-bond donors (Lipinski definition) is 1. The van der Waals surface area contributed by atoms with Gasteiger partial charge in [0.25, 0.3) is 5.91 Å². The molecule has 6 heteroatoms. The van der Waals surface area contributed by atoms with Crippen LogP contribution in [0.5, 0.6) is 0 Å². The number of rotatable bonds is 4. The van der Waals surface area contributed by atoms with Crippen molar-refractivity contribution in [3.8, 4) is 0 Å². The van der Waals surface area contributed by atoms with Gasteiger partial charge >= 0.3 is 5.97 Å². The summed E-state index contributed by atoms with van der Waals surface area (Å²) >= 11 is 0. The van der Waals surface area contributed by atoms with Gasteiger partial charge < -0.3 is 10.1 Å². The maximum atomic E-state index is 13.5. The maximum absolute atomic E-state index is 13.5. The molecule has 1 fully saturated rings. The van der Waals surface area contributed by atoms with Crippen LogP contribution in [0.3, 0.4) is 0 Å². The first kappa shape index (κ1) is 17.4. The van der Waals surface area contributed by atoms with Crippen molar-refractivity contribution in [3.63, 3.8) is 0 Å². The van der Waals surface area contributed by atoms with E-state index in [4.69, 9.17) is 4.74 Å². The van der Waals surface area contributed by atoms with Crippen LogP contribution in [0.2, 0.25) is 0 Å². The Bertz CT molecular complexity index is 571. The van der Waals surface area contributed by atoms with Gasteiger partial charge in [-0.25, -0.2) is 13.6 Å². The molecule has 0 radical (unpaired) electrons. The quantitative estimate of drug-likeness (QED) is 0.865. The van der Waals surface area contributed by atoms with E-state index in [1.807, 2.05) is 0 Å². The molecule has 0 spiro atoms. The fraction of sp³-hybridized carbons (Fsp3) is 0.529. The van der Waals surface area contributed by atoms with Crippen LogP contribution in [0, 0.1) is 17.6 Å². The summed E-state index contributed by atoms with van der Waals surface area (Å²) in [6.07, 6.45) is 3.00. The summed E-state index contributed by atoms with van der Waals surface area (Å²) < 4.78 is 32.0. The fourth-order valence-electron chi connectivity index (χ4n) is 2.80. The van der Waals surface area contributed by atoms with Crippen molar-refractivity contribution >= 4 is 11.9 Å². The molecule has 1 N–H and O–H groups in total. The van der Waals surface area contributed by atoms with E-state index in [0.29, 0.717) is 5.92 Å². The van der Waals surface area contributed by atoms with Gasteiger partial charge in [0.1, 0.15) is 17.2 Å². The van der Waals surface area contributed by atoms with Gasteiger partial charge in [0.05, 0.1) is 0 Å². The van der Waals surface area contributed by atoms with Gasteiger partial charge in [0, 0.05) is 6.04 Å². The molecule has 1 saturated carbocycles. The lowest BCUT2D eigenvalue weighted by Crippen LogP contribution is -2.46. The molecule has 0 unspecified atom stereocenters. The topological polar surface area (TPSA) is 55.4 Å². The molecule has 1 aliphatic rings. The van der Waals surface area contributed by atoms with E-state index < -0.39 is 35.2 Å². The van der Waals surface area contributed by atoms with Gasteiger partial charge in [-0.2, -0.15) is 0 Å². The second-order valence-corrected chi connectivity index (χ2v) is 6.02. The minimum absolute atomic E-state index is 0.0441. The Hall–Kier alpha value is -1.98. The first-order valence-corrected chi connectivity index (χ1v) is 7.85. The van der Waals surface area contributed by atoms with Crippen LogP contribution in [0.4, 0.5) is 8.78 Å². The van der Waals surface area contributed by atoms with E-state index in [2.05, 4.69) is 12.2 Å². The van der Waals surface area contributed by atoms with E-state index in [1.165, 1.54) is 6.92 Å². The highest BCUT2D eigenvalue weighted by molar-refractivity contribution is 5.92. The molecule has 1 aromatic carbocycles. The Balaban J connectivity index is 1.96. The molecule has 1 amide bonds. The van der Waals surface area contributed by atoms with Crippen molar-refractivity contribution in [3.05, 3.63) is 35.4 Å². The number of carbonyl (C=O) groups is 2. The summed E-state index contributed by atoms with van der Waals surface area (Å²) in [4.78, 5) is 24.0. The van der Waals surface area contributed by atoms with Crippen LogP contribution in [0.1, 0.15) is 49.9 Å². The van der Waals surface area contributed by atoms with E-state index in [9.17, 15) is 18.4 Å². The fourth-order valence-corrected chi connectivity index (χ4v) is 2.80. The van der Waals surface area contributed by atoms with Crippen LogP contribution < -0.4 is 5.32 Å². The second kappa shape index (κ2) is 7.53. The summed E-state index contributed by atoms with van der Waals surface area (Å²) in [6.45, 7) is 3.45. The number of amides is 1. The molecule has 1 aliphatic carbocycles. The molecule has 0 aliphatic heterocycles. The normalized spacial score (nSPS) is 22.3. The third kappa shape index (κ3) is 4.27. The predicted molar refractivity (Wildman–Crippen MR) is 80.8 cm³/mol. The zero-order chi connectivity index (χ0) is 17.0. The number of benzene rings is 1. The van der Waals surface area contributed by atoms with Gasteiger partial charge in [-0.1, -0.05) is 25.8 Å². The predicted octanol–water partition coefficient (Wildman–Crippen LogP) is 3.21. The average Bonchev–Trinajstić information content (AvgIpc) is 2.49. The summed E-state index contributed by atoms with van der Waals surface area (Å²) in [5.74, 6) is -3.29. The van der Waals surface area contributed by atoms with Gasteiger partial charge in [0.15, 0.2) is 6.10 Å². The summed E-state index contributed by atoms with van der Waals surface area (Å²) in [7, 11) is 0. The molecule has 126 valence electrons. The highest BCUT2D eigenvalue weighted by Crippen LogP contribution is 2.24. The average molecular weight is 325 g/mol. The molecule has 3 atom stereocenters. The minimum Gasteiger partial charge on any atom is -0.449 e. The van der Waals surface area contributed by atoms with Crippen molar-refractivity contribution in [2.75, 3.05) is 0 Å². The highest BCUT2D eigenvalue weighted by atomic mass is 19.1. The number of hydrogen-bond acceptors (Lipinski definition) is 3. The van der Waals surface area contributed by atoms with Crippen LogP contribution in [-0.2, 0) is 9.53 Å². The van der Waals surface area contributed by atoms with Crippen LogP contribution >= 0.6 is 0 Å². The Morgan fingerprint density at radius 1 is 1.22 bits per heavy atom. The SMILES string of the molecule is C[C@@H]1CCCC[C@@H]1NC(=O)[C@@H](C)OC(=O)c1c(F)cccc1F. The first-order chi connectivity index (χ1) is 10.9. The van der Waals surface area contributed by atoms with Crippen LogP contribution in [0.15, 0.2) is 18.2 Å². The molecule has 1 aromatic rings. The second-order valence-electron chi connectivity index (χ2n) is 6.02. The Morgan fingerprint density at radius 3 is 2.43 bits per heavy atom. The lowest BCUT2D eigenvalue weighted by atomic mass is 9.86. The molecule has 0 aromatic heterocycles. The largest absolute Gasteiger partial charge is 0.449 e. The van der Waals surface area contributed by atoms with Gasteiger partial charge in [-0.3, -0.25) is 4.79 Å². The Kier molecular flexibility index (Phi) is 5.69. The number of nitrogens with one attached hydrogen (secondary N) is 1. The Labute approximate surface area is 134 Å². The number of halogens is 2. The summed E-state index contributed by atoms with van der Waals surface area (Å²) in [6, 6.07) is 3.13. The van der Waals surface area contributed by atoms with Crippen molar-refractivity contribution in [1.82, 2.24) is 5.32 Å². The van der Waals surface area contributed by atoms with E-state index in [0.717, 1.165) is 43.9 Å². The van der Waals surface area contributed by atoms with Gasteiger partial charge in [-0.15, -0.1) is 0 Å². The zero-order valence-electron chi connectivity index (χ0n) is 13.3. The number of carbonyl (C=O) groups excluding carboxylic acids is 2. The first-order valence-electron chi connectivity index (χ1n) is 7.85.